The molecule has 26 heavy (non-hydrogen) atoms. The molecule has 1 heteroatoms. The van der Waals surface area contributed by atoms with E-state index >= 15 is 0 Å². The van der Waals surface area contributed by atoms with Crippen LogP contribution in [-0.4, -0.2) is 11.2 Å². The first-order chi connectivity index (χ1) is 12.8. The highest BCUT2D eigenvalue weighted by atomic mass is 16.3. The highest BCUT2D eigenvalue weighted by Crippen LogP contribution is 2.25. The van der Waals surface area contributed by atoms with Crippen molar-refractivity contribution in [1.82, 2.24) is 0 Å². The van der Waals surface area contributed by atoms with Gasteiger partial charge in [-0.3, -0.25) is 0 Å². The van der Waals surface area contributed by atoms with Gasteiger partial charge in [-0.05, 0) is 25.2 Å². The van der Waals surface area contributed by atoms with E-state index in [9.17, 15) is 5.11 Å². The predicted octanol–water partition coefficient (Wildman–Crippen LogP) is 8.83. The molecule has 0 amide bonds. The van der Waals surface area contributed by atoms with Crippen LogP contribution in [0, 0.1) is 5.92 Å². The summed E-state index contributed by atoms with van der Waals surface area (Å²) in [6, 6.07) is 0. The van der Waals surface area contributed by atoms with Gasteiger partial charge in [0.05, 0.1) is 6.10 Å². The molecule has 0 aromatic carbocycles. The molecule has 0 rings (SSSR count). The van der Waals surface area contributed by atoms with E-state index in [1.165, 1.54) is 122 Å². The van der Waals surface area contributed by atoms with Crippen molar-refractivity contribution in [2.24, 2.45) is 5.92 Å². The second kappa shape index (κ2) is 21.3. The Bertz CT molecular complexity index is 235. The minimum Gasteiger partial charge on any atom is -0.393 e. The minimum absolute atomic E-state index is 0.0390. The van der Waals surface area contributed by atoms with Crippen molar-refractivity contribution in [3.8, 4) is 0 Å². The minimum atomic E-state index is -0.0390. The zero-order valence-electron chi connectivity index (χ0n) is 18.7. The third-order valence-corrected chi connectivity index (χ3v) is 6.00. The molecule has 0 aromatic heterocycles. The van der Waals surface area contributed by atoms with Gasteiger partial charge in [0.1, 0.15) is 0 Å². The molecule has 0 heterocycles. The third kappa shape index (κ3) is 17.4. The maximum Gasteiger partial charge on any atom is 0.0568 e. The molecule has 0 saturated carbocycles. The van der Waals surface area contributed by atoms with Crippen LogP contribution in [0.25, 0.3) is 0 Å². The van der Waals surface area contributed by atoms with Crippen LogP contribution in [0.1, 0.15) is 149 Å². The van der Waals surface area contributed by atoms with Gasteiger partial charge in [-0.15, -0.1) is 0 Å². The van der Waals surface area contributed by atoms with Gasteiger partial charge >= 0.3 is 0 Å². The van der Waals surface area contributed by atoms with Gasteiger partial charge in [0.15, 0.2) is 0 Å². The molecule has 1 atom stereocenters. The lowest BCUT2D eigenvalue weighted by Gasteiger charge is -2.23. The summed E-state index contributed by atoms with van der Waals surface area (Å²) >= 11 is 0. The van der Waals surface area contributed by atoms with Crippen LogP contribution in [-0.2, 0) is 0 Å². The molecule has 0 spiro atoms. The SMILES string of the molecule is CCCCCCCCC(CCCCCCCC)C(O)CCCCCCC. The average molecular weight is 369 g/mol. The quantitative estimate of drug-likeness (QED) is 0.201. The Morgan fingerprint density at radius 1 is 0.423 bits per heavy atom. The van der Waals surface area contributed by atoms with Crippen LogP contribution in [0.5, 0.6) is 0 Å². The Kier molecular flexibility index (Phi) is 21.2. The Morgan fingerprint density at radius 3 is 1.12 bits per heavy atom. The van der Waals surface area contributed by atoms with Crippen molar-refractivity contribution in [3.63, 3.8) is 0 Å². The summed E-state index contributed by atoms with van der Waals surface area (Å²) in [6.45, 7) is 6.84. The van der Waals surface area contributed by atoms with E-state index in [0.717, 1.165) is 6.42 Å². The average Bonchev–Trinajstić information content (AvgIpc) is 2.65. The van der Waals surface area contributed by atoms with Crippen LogP contribution in [0.15, 0.2) is 0 Å². The summed E-state index contributed by atoms with van der Waals surface area (Å²) in [5, 5.41) is 10.7. The highest BCUT2D eigenvalue weighted by molar-refractivity contribution is 4.70. The normalized spacial score (nSPS) is 12.8. The number of aliphatic hydroxyl groups is 1. The molecule has 0 radical (unpaired) electrons. The Balaban J connectivity index is 4.00. The molecular weight excluding hydrogens is 316 g/mol. The van der Waals surface area contributed by atoms with Gasteiger partial charge in [-0.2, -0.15) is 0 Å². The van der Waals surface area contributed by atoms with E-state index in [-0.39, 0.29) is 6.10 Å². The van der Waals surface area contributed by atoms with Crippen molar-refractivity contribution in [2.45, 2.75) is 155 Å². The zero-order chi connectivity index (χ0) is 19.3. The monoisotopic (exact) mass is 368 g/mol. The maximum absolute atomic E-state index is 10.7. The summed E-state index contributed by atoms with van der Waals surface area (Å²) in [6.07, 6.45) is 26.5. The van der Waals surface area contributed by atoms with E-state index in [0.29, 0.717) is 5.92 Å². The highest BCUT2D eigenvalue weighted by Gasteiger charge is 2.18. The number of hydrogen-bond acceptors (Lipinski definition) is 1. The molecule has 158 valence electrons. The summed E-state index contributed by atoms with van der Waals surface area (Å²) < 4.78 is 0. The van der Waals surface area contributed by atoms with E-state index in [1.54, 1.807) is 0 Å². The Hall–Kier alpha value is -0.0400. The van der Waals surface area contributed by atoms with E-state index < -0.39 is 0 Å². The lowest BCUT2D eigenvalue weighted by atomic mass is 9.87. The Labute approximate surface area is 166 Å². The van der Waals surface area contributed by atoms with Crippen molar-refractivity contribution in [2.75, 3.05) is 0 Å². The molecule has 0 aliphatic rings. The number of unbranched alkanes of at least 4 members (excludes halogenated alkanes) is 14. The first-order valence-electron chi connectivity index (χ1n) is 12.4. The summed E-state index contributed by atoms with van der Waals surface area (Å²) in [5.74, 6) is 0.568. The molecule has 0 bridgehead atoms. The van der Waals surface area contributed by atoms with Gasteiger partial charge in [-0.25, -0.2) is 0 Å². The van der Waals surface area contributed by atoms with Crippen LogP contribution in [0.2, 0.25) is 0 Å². The molecule has 0 aromatic rings. The number of hydrogen-bond donors (Lipinski definition) is 1. The molecule has 0 saturated heterocycles. The summed E-state index contributed by atoms with van der Waals surface area (Å²) in [7, 11) is 0. The molecule has 1 N–H and O–H groups in total. The standard InChI is InChI=1S/C25H52O/c1-4-7-10-13-16-18-21-24(22-19-17-14-11-8-5-2)25(26)23-20-15-12-9-6-3/h24-26H,4-23H2,1-3H3. The predicted molar refractivity (Wildman–Crippen MR) is 119 cm³/mol. The van der Waals surface area contributed by atoms with Crippen molar-refractivity contribution in [3.05, 3.63) is 0 Å². The molecular formula is C25H52O. The van der Waals surface area contributed by atoms with Crippen molar-refractivity contribution in [1.29, 1.82) is 0 Å². The van der Waals surface area contributed by atoms with Gasteiger partial charge in [0, 0.05) is 0 Å². The molecule has 0 aliphatic heterocycles. The fourth-order valence-electron chi connectivity index (χ4n) is 4.10. The molecule has 1 unspecified atom stereocenters. The first-order valence-corrected chi connectivity index (χ1v) is 12.4. The largest absolute Gasteiger partial charge is 0.393 e. The van der Waals surface area contributed by atoms with Gasteiger partial charge in [0.25, 0.3) is 0 Å². The van der Waals surface area contributed by atoms with E-state index in [1.807, 2.05) is 0 Å². The number of rotatable bonds is 21. The second-order valence-corrected chi connectivity index (χ2v) is 8.64. The summed E-state index contributed by atoms with van der Waals surface area (Å²) in [4.78, 5) is 0. The van der Waals surface area contributed by atoms with Crippen LogP contribution >= 0.6 is 0 Å². The third-order valence-electron chi connectivity index (χ3n) is 6.00. The smallest absolute Gasteiger partial charge is 0.0568 e. The fraction of sp³-hybridized carbons (Fsp3) is 1.00. The lowest BCUT2D eigenvalue weighted by Crippen LogP contribution is -2.20. The van der Waals surface area contributed by atoms with Gasteiger partial charge in [0.2, 0.25) is 0 Å². The number of aliphatic hydroxyl groups excluding tert-OH is 1. The van der Waals surface area contributed by atoms with Gasteiger partial charge in [-0.1, -0.05) is 130 Å². The van der Waals surface area contributed by atoms with Crippen LogP contribution in [0.4, 0.5) is 0 Å². The molecule has 1 nitrogen and oxygen atoms in total. The second-order valence-electron chi connectivity index (χ2n) is 8.64. The Morgan fingerprint density at radius 2 is 0.731 bits per heavy atom. The van der Waals surface area contributed by atoms with Crippen molar-refractivity contribution < 1.29 is 5.11 Å². The van der Waals surface area contributed by atoms with Gasteiger partial charge < -0.3 is 5.11 Å². The van der Waals surface area contributed by atoms with E-state index in [4.69, 9.17) is 0 Å². The maximum atomic E-state index is 10.7. The molecule has 0 aliphatic carbocycles. The molecule has 0 fully saturated rings. The van der Waals surface area contributed by atoms with E-state index in [2.05, 4.69) is 20.8 Å². The van der Waals surface area contributed by atoms with Crippen LogP contribution < -0.4 is 0 Å². The van der Waals surface area contributed by atoms with Crippen molar-refractivity contribution >= 4 is 0 Å². The summed E-state index contributed by atoms with van der Waals surface area (Å²) in [5.41, 5.74) is 0. The lowest BCUT2D eigenvalue weighted by molar-refractivity contribution is 0.0830. The zero-order valence-corrected chi connectivity index (χ0v) is 18.7. The van der Waals surface area contributed by atoms with Crippen LogP contribution in [0.3, 0.4) is 0 Å². The topological polar surface area (TPSA) is 20.2 Å². The first kappa shape index (κ1) is 26.0. The fourth-order valence-corrected chi connectivity index (χ4v) is 4.10.